The van der Waals surface area contributed by atoms with Crippen LogP contribution >= 0.6 is 0 Å². The van der Waals surface area contributed by atoms with E-state index in [1.807, 2.05) is 0 Å². The molecular weight excluding hydrogens is 202 g/mol. The molecule has 0 bridgehead atoms. The summed E-state index contributed by atoms with van der Waals surface area (Å²) in [5, 5.41) is 0. The van der Waals surface area contributed by atoms with E-state index in [2.05, 4.69) is 23.5 Å². The van der Waals surface area contributed by atoms with Gasteiger partial charge >= 0.3 is 6.47 Å². The Hall–Kier alpha value is -0.570. The van der Waals surface area contributed by atoms with Gasteiger partial charge in [0, 0.05) is 0 Å². The Labute approximate surface area is 100 Å². The molecule has 0 rings (SSSR count). The fourth-order valence-corrected chi connectivity index (χ4v) is 1.83. The van der Waals surface area contributed by atoms with Crippen molar-refractivity contribution in [1.82, 2.24) is 4.90 Å². The minimum atomic E-state index is 0.528. The highest BCUT2D eigenvalue weighted by atomic mass is 16.5. The molecule has 0 spiro atoms. The molecule has 0 unspecified atom stereocenters. The van der Waals surface area contributed by atoms with Crippen molar-refractivity contribution in [2.45, 2.75) is 52.4 Å². The molecule has 0 aromatic carbocycles. The second-order valence-corrected chi connectivity index (χ2v) is 4.13. The number of ether oxygens (including phenoxy) is 1. The highest BCUT2D eigenvalue weighted by Gasteiger charge is 1.99. The Balaban J connectivity index is 3.15. The predicted molar refractivity (Wildman–Crippen MR) is 67.1 cm³/mol. The van der Waals surface area contributed by atoms with E-state index in [1.165, 1.54) is 45.2 Å². The summed E-state index contributed by atoms with van der Waals surface area (Å²) in [6.07, 6.45) is 7.18. The molecule has 3 nitrogen and oxygen atoms in total. The monoisotopic (exact) mass is 228 g/mol. The number of carbonyl (C=O) groups excluding carboxylic acids is 1. The molecule has 0 saturated carbocycles. The average molecular weight is 228 g/mol. The largest absolute Gasteiger partial charge is 0.457 e. The number of rotatable bonds is 12. The molecule has 0 aliphatic rings. The summed E-state index contributed by atoms with van der Waals surface area (Å²) >= 11 is 0. The third-order valence-electron chi connectivity index (χ3n) is 2.77. The Bertz CT molecular complexity index is 151. The maximum Gasteiger partial charge on any atom is 0.417 e. The first-order valence-electron chi connectivity index (χ1n) is 6.56. The van der Waals surface area contributed by atoms with Gasteiger partial charge in [-0.3, -0.25) is 0 Å². The van der Waals surface area contributed by atoms with Gasteiger partial charge in [-0.05, 0) is 38.9 Å². The molecule has 16 heavy (non-hydrogen) atoms. The Morgan fingerprint density at radius 1 is 1.00 bits per heavy atom. The van der Waals surface area contributed by atoms with Crippen molar-refractivity contribution in [3.8, 4) is 0 Å². The van der Waals surface area contributed by atoms with Gasteiger partial charge in [0.15, 0.2) is 0 Å². The summed E-state index contributed by atoms with van der Waals surface area (Å²) in [5.74, 6) is 0. The Kier molecular flexibility index (Phi) is 12.1. The molecule has 0 amide bonds. The highest BCUT2D eigenvalue weighted by molar-refractivity contribution is 5.37. The Morgan fingerprint density at radius 2 is 1.69 bits per heavy atom. The van der Waals surface area contributed by atoms with Crippen molar-refractivity contribution in [3.63, 3.8) is 0 Å². The molecule has 0 aromatic rings. The van der Waals surface area contributed by atoms with Crippen LogP contribution in [0, 0.1) is 0 Å². The molecule has 1 radical (unpaired) electrons. The van der Waals surface area contributed by atoms with E-state index in [-0.39, 0.29) is 0 Å². The minimum Gasteiger partial charge on any atom is -0.457 e. The van der Waals surface area contributed by atoms with Gasteiger partial charge in [0.1, 0.15) is 0 Å². The van der Waals surface area contributed by atoms with Gasteiger partial charge in [0.05, 0.1) is 6.61 Å². The second kappa shape index (κ2) is 12.5. The van der Waals surface area contributed by atoms with E-state index in [0.717, 1.165) is 19.4 Å². The van der Waals surface area contributed by atoms with Crippen LogP contribution in [0.25, 0.3) is 0 Å². The molecule has 0 atom stereocenters. The van der Waals surface area contributed by atoms with E-state index in [1.54, 1.807) is 0 Å². The van der Waals surface area contributed by atoms with Gasteiger partial charge in [0.25, 0.3) is 0 Å². The fraction of sp³-hybridized carbons (Fsp3) is 0.923. The molecule has 0 fully saturated rings. The van der Waals surface area contributed by atoms with E-state index in [9.17, 15) is 4.79 Å². The van der Waals surface area contributed by atoms with Crippen molar-refractivity contribution in [2.75, 3.05) is 26.2 Å². The topological polar surface area (TPSA) is 29.5 Å². The van der Waals surface area contributed by atoms with Crippen molar-refractivity contribution >= 4 is 6.47 Å². The van der Waals surface area contributed by atoms with Crippen LogP contribution in [-0.2, 0) is 9.53 Å². The van der Waals surface area contributed by atoms with Crippen LogP contribution in [0.15, 0.2) is 0 Å². The van der Waals surface area contributed by atoms with Gasteiger partial charge in [-0.2, -0.15) is 0 Å². The number of hydrogen-bond donors (Lipinski definition) is 0. The lowest BCUT2D eigenvalue weighted by atomic mass is 10.1. The average Bonchev–Trinajstić information content (AvgIpc) is 2.31. The predicted octanol–water partition coefficient (Wildman–Crippen LogP) is 2.75. The van der Waals surface area contributed by atoms with E-state index in [0.29, 0.717) is 6.61 Å². The van der Waals surface area contributed by atoms with E-state index >= 15 is 0 Å². The molecule has 0 aliphatic carbocycles. The summed E-state index contributed by atoms with van der Waals surface area (Å²) in [7, 11) is 0. The first-order chi connectivity index (χ1) is 7.85. The van der Waals surface area contributed by atoms with Crippen molar-refractivity contribution in [2.24, 2.45) is 0 Å². The van der Waals surface area contributed by atoms with Crippen LogP contribution in [0.5, 0.6) is 0 Å². The zero-order valence-electron chi connectivity index (χ0n) is 10.8. The zero-order chi connectivity index (χ0) is 12.1. The lowest BCUT2D eigenvalue weighted by Gasteiger charge is -2.19. The smallest absolute Gasteiger partial charge is 0.417 e. The van der Waals surface area contributed by atoms with Gasteiger partial charge < -0.3 is 9.64 Å². The van der Waals surface area contributed by atoms with Crippen LogP contribution in [0.2, 0.25) is 0 Å². The standard InChI is InChI=1S/C13H26NO2/c1-3-10-14(4-2)11-8-6-5-7-9-12-16-13-15/h3-12H2,1-2H3. The minimum absolute atomic E-state index is 0.528. The van der Waals surface area contributed by atoms with Crippen LogP contribution in [0.3, 0.4) is 0 Å². The SMILES string of the molecule is CCCN(CC)CCCCCCCO[C]=O. The zero-order valence-corrected chi connectivity index (χ0v) is 10.8. The molecular formula is C13H26NO2. The summed E-state index contributed by atoms with van der Waals surface area (Å²) in [6.45, 7) is 10.0. The first-order valence-corrected chi connectivity index (χ1v) is 6.56. The molecule has 0 aliphatic heterocycles. The normalized spacial score (nSPS) is 10.7. The van der Waals surface area contributed by atoms with Crippen LogP contribution < -0.4 is 0 Å². The summed E-state index contributed by atoms with van der Waals surface area (Å²) in [4.78, 5) is 12.3. The first kappa shape index (κ1) is 15.4. The van der Waals surface area contributed by atoms with Gasteiger partial charge in [-0.15, -0.1) is 0 Å². The van der Waals surface area contributed by atoms with E-state index in [4.69, 9.17) is 0 Å². The van der Waals surface area contributed by atoms with Crippen molar-refractivity contribution in [3.05, 3.63) is 0 Å². The lowest BCUT2D eigenvalue weighted by Crippen LogP contribution is -2.25. The third-order valence-corrected chi connectivity index (χ3v) is 2.77. The number of unbranched alkanes of at least 4 members (excludes halogenated alkanes) is 4. The van der Waals surface area contributed by atoms with Gasteiger partial charge in [-0.1, -0.05) is 33.1 Å². The maximum absolute atomic E-state index is 9.76. The van der Waals surface area contributed by atoms with Crippen molar-refractivity contribution < 1.29 is 9.53 Å². The van der Waals surface area contributed by atoms with E-state index < -0.39 is 0 Å². The molecule has 95 valence electrons. The fourth-order valence-electron chi connectivity index (χ4n) is 1.83. The number of hydrogen-bond acceptors (Lipinski definition) is 3. The quantitative estimate of drug-likeness (QED) is 0.481. The van der Waals surface area contributed by atoms with Crippen LogP contribution in [0.4, 0.5) is 0 Å². The summed E-state index contributed by atoms with van der Waals surface area (Å²) in [6, 6.07) is 0. The van der Waals surface area contributed by atoms with Crippen LogP contribution in [-0.4, -0.2) is 37.6 Å². The van der Waals surface area contributed by atoms with Crippen molar-refractivity contribution in [1.29, 1.82) is 0 Å². The Morgan fingerprint density at radius 3 is 2.31 bits per heavy atom. The third kappa shape index (κ3) is 9.97. The molecule has 0 heterocycles. The molecule has 3 heteroatoms. The highest BCUT2D eigenvalue weighted by Crippen LogP contribution is 2.04. The summed E-state index contributed by atoms with van der Waals surface area (Å²) in [5.41, 5.74) is 0. The lowest BCUT2D eigenvalue weighted by molar-refractivity contribution is 0.265. The molecule has 0 N–H and O–H groups in total. The molecule has 0 aromatic heterocycles. The van der Waals surface area contributed by atoms with Gasteiger partial charge in [-0.25, -0.2) is 4.79 Å². The number of nitrogens with zero attached hydrogens (tertiary/aromatic N) is 1. The second-order valence-electron chi connectivity index (χ2n) is 4.13. The molecule has 0 saturated heterocycles. The van der Waals surface area contributed by atoms with Crippen LogP contribution in [0.1, 0.15) is 52.4 Å². The van der Waals surface area contributed by atoms with Gasteiger partial charge in [0.2, 0.25) is 0 Å². The maximum atomic E-state index is 9.76. The summed E-state index contributed by atoms with van der Waals surface area (Å²) < 4.78 is 4.51.